The Labute approximate surface area is 167 Å². The van der Waals surface area contributed by atoms with E-state index in [9.17, 15) is 5.26 Å². The maximum absolute atomic E-state index is 9.49. The van der Waals surface area contributed by atoms with Gasteiger partial charge in [0.25, 0.3) is 0 Å². The van der Waals surface area contributed by atoms with Gasteiger partial charge in [0.15, 0.2) is 5.65 Å². The molecule has 3 heterocycles. The molecule has 9 nitrogen and oxygen atoms in total. The van der Waals surface area contributed by atoms with Crippen molar-refractivity contribution in [3.8, 4) is 6.07 Å². The van der Waals surface area contributed by atoms with Crippen LogP contribution in [-0.4, -0.2) is 37.5 Å². The van der Waals surface area contributed by atoms with Gasteiger partial charge in [-0.15, -0.1) is 0 Å². The summed E-state index contributed by atoms with van der Waals surface area (Å²) < 4.78 is 3.45. The van der Waals surface area contributed by atoms with Gasteiger partial charge in [-0.2, -0.15) is 20.0 Å². The molecular formula is C18H22ClN9. The van der Waals surface area contributed by atoms with E-state index >= 15 is 0 Å². The average molecular weight is 400 g/mol. The van der Waals surface area contributed by atoms with E-state index in [1.807, 2.05) is 16.9 Å². The van der Waals surface area contributed by atoms with Crippen molar-refractivity contribution in [1.82, 2.24) is 24.4 Å². The van der Waals surface area contributed by atoms with Crippen LogP contribution >= 0.6 is 11.6 Å². The molecule has 5 N–H and O–H groups in total. The molecule has 0 aliphatic heterocycles. The van der Waals surface area contributed by atoms with Gasteiger partial charge in [-0.25, -0.2) is 4.98 Å². The second-order valence-corrected chi connectivity index (χ2v) is 7.54. The number of fused-ring (bicyclic) bond motifs is 1. The van der Waals surface area contributed by atoms with E-state index in [0.29, 0.717) is 41.7 Å². The minimum Gasteiger partial charge on any atom is -0.382 e. The third-order valence-corrected chi connectivity index (χ3v) is 5.70. The maximum atomic E-state index is 9.49. The quantitative estimate of drug-likeness (QED) is 0.551. The molecule has 0 aromatic carbocycles. The van der Waals surface area contributed by atoms with Crippen molar-refractivity contribution in [3.63, 3.8) is 0 Å². The predicted molar refractivity (Wildman–Crippen MR) is 107 cm³/mol. The van der Waals surface area contributed by atoms with Gasteiger partial charge in [-0.1, -0.05) is 11.6 Å². The Bertz CT molecular complexity index is 1070. The molecule has 10 heteroatoms. The number of aryl methyl sites for hydroxylation is 1. The molecule has 146 valence electrons. The lowest BCUT2D eigenvalue weighted by Gasteiger charge is -2.14. The van der Waals surface area contributed by atoms with E-state index in [2.05, 4.69) is 21.5 Å². The molecule has 3 aromatic heterocycles. The lowest BCUT2D eigenvalue weighted by atomic mass is 10.2. The third-order valence-electron chi connectivity index (χ3n) is 5.26. The summed E-state index contributed by atoms with van der Waals surface area (Å²) in [4.78, 5) is 4.45. The molecule has 4 rings (SSSR count). The molecule has 0 bridgehead atoms. The summed E-state index contributed by atoms with van der Waals surface area (Å²) in [6.45, 7) is 2.99. The van der Waals surface area contributed by atoms with Crippen LogP contribution in [0.1, 0.15) is 36.2 Å². The minimum absolute atomic E-state index is 0.117. The number of nitrogen functional groups attached to an aromatic ring is 1. The van der Waals surface area contributed by atoms with E-state index in [1.165, 1.54) is 4.52 Å². The number of nitrogens with zero attached hydrogens (tertiary/aromatic N) is 6. The van der Waals surface area contributed by atoms with Crippen molar-refractivity contribution in [3.05, 3.63) is 34.2 Å². The first-order chi connectivity index (χ1) is 13.5. The number of hydrogen-bond donors (Lipinski definition) is 3. The van der Waals surface area contributed by atoms with E-state index in [0.717, 1.165) is 25.0 Å². The monoisotopic (exact) mass is 399 g/mol. The standard InChI is InChI=1S/C18H22ClN9/c1-11-14(19)17-24-16(13(10-21)15(22)28(17)25-11)23-8-2-12-3-9-27(26-12)18(4-5-18)6-7-20/h3,9H,2,4-8,20,22H2,1H3,(H,23,24). The smallest absolute Gasteiger partial charge is 0.178 e. The largest absolute Gasteiger partial charge is 0.382 e. The van der Waals surface area contributed by atoms with Gasteiger partial charge in [0.2, 0.25) is 0 Å². The molecule has 0 amide bonds. The molecule has 0 unspecified atom stereocenters. The SMILES string of the molecule is Cc1nn2c(N)c(C#N)c(NCCc3ccn(C4(CCN)CC4)n3)nc2c1Cl. The average Bonchev–Trinajstić information content (AvgIpc) is 3.20. The molecule has 28 heavy (non-hydrogen) atoms. The zero-order valence-electron chi connectivity index (χ0n) is 15.6. The minimum atomic E-state index is 0.117. The van der Waals surface area contributed by atoms with Gasteiger partial charge < -0.3 is 16.8 Å². The van der Waals surface area contributed by atoms with Gasteiger partial charge in [-0.05, 0) is 38.8 Å². The van der Waals surface area contributed by atoms with Crippen LogP contribution in [0, 0.1) is 18.3 Å². The maximum Gasteiger partial charge on any atom is 0.178 e. The first-order valence-corrected chi connectivity index (χ1v) is 9.60. The number of nitriles is 1. The molecule has 1 aliphatic rings. The van der Waals surface area contributed by atoms with Crippen molar-refractivity contribution < 1.29 is 0 Å². The number of aromatic nitrogens is 5. The van der Waals surface area contributed by atoms with Gasteiger partial charge in [0.05, 0.1) is 16.9 Å². The van der Waals surface area contributed by atoms with Crippen molar-refractivity contribution >= 4 is 28.9 Å². The van der Waals surface area contributed by atoms with Crippen LogP contribution in [0.25, 0.3) is 5.65 Å². The van der Waals surface area contributed by atoms with Gasteiger partial charge in [-0.3, -0.25) is 4.68 Å². The van der Waals surface area contributed by atoms with Gasteiger partial charge in [0, 0.05) is 19.2 Å². The highest BCUT2D eigenvalue weighted by atomic mass is 35.5. The van der Waals surface area contributed by atoms with Crippen LogP contribution in [0.4, 0.5) is 11.6 Å². The number of nitrogens with one attached hydrogen (secondary N) is 1. The van der Waals surface area contributed by atoms with Crippen molar-refractivity contribution in [2.24, 2.45) is 5.73 Å². The molecule has 0 spiro atoms. The normalized spacial score (nSPS) is 14.9. The molecular weight excluding hydrogens is 378 g/mol. The van der Waals surface area contributed by atoms with Crippen LogP contribution in [0.2, 0.25) is 5.02 Å². The molecule has 0 atom stereocenters. The lowest BCUT2D eigenvalue weighted by molar-refractivity contribution is 0.404. The first-order valence-electron chi connectivity index (χ1n) is 9.22. The second-order valence-electron chi connectivity index (χ2n) is 7.16. The summed E-state index contributed by atoms with van der Waals surface area (Å²) in [5.41, 5.74) is 14.2. The van der Waals surface area contributed by atoms with Crippen LogP contribution in [-0.2, 0) is 12.0 Å². The van der Waals surface area contributed by atoms with E-state index < -0.39 is 0 Å². The topological polar surface area (TPSA) is 136 Å². The van der Waals surface area contributed by atoms with Crippen LogP contribution in [0.15, 0.2) is 12.3 Å². The highest BCUT2D eigenvalue weighted by Gasteiger charge is 2.44. The summed E-state index contributed by atoms with van der Waals surface area (Å²) in [7, 11) is 0. The number of halogens is 1. The Morgan fingerprint density at radius 2 is 2.18 bits per heavy atom. The van der Waals surface area contributed by atoms with Gasteiger partial charge >= 0.3 is 0 Å². The Hall–Kier alpha value is -2.83. The molecule has 0 saturated heterocycles. The third kappa shape index (κ3) is 3.04. The predicted octanol–water partition coefficient (Wildman–Crippen LogP) is 1.83. The Morgan fingerprint density at radius 3 is 2.86 bits per heavy atom. The fourth-order valence-corrected chi connectivity index (χ4v) is 3.62. The summed E-state index contributed by atoms with van der Waals surface area (Å²) in [5.74, 6) is 0.613. The first kappa shape index (κ1) is 18.5. The number of anilines is 2. The van der Waals surface area contributed by atoms with Crippen LogP contribution in [0.3, 0.4) is 0 Å². The summed E-state index contributed by atoms with van der Waals surface area (Å²) in [6.07, 6.45) is 5.92. The molecule has 0 radical (unpaired) electrons. The second kappa shape index (κ2) is 6.96. The Morgan fingerprint density at radius 1 is 1.39 bits per heavy atom. The summed E-state index contributed by atoms with van der Waals surface area (Å²) in [6, 6.07) is 4.11. The number of rotatable bonds is 7. The zero-order valence-corrected chi connectivity index (χ0v) is 16.4. The van der Waals surface area contributed by atoms with Crippen molar-refractivity contribution in [2.75, 3.05) is 24.1 Å². The molecule has 3 aromatic rings. The number of hydrogen-bond acceptors (Lipinski definition) is 7. The Balaban J connectivity index is 1.50. The molecule has 1 aliphatic carbocycles. The van der Waals surface area contributed by atoms with Crippen LogP contribution in [0.5, 0.6) is 0 Å². The molecule has 1 saturated carbocycles. The van der Waals surface area contributed by atoms with Crippen molar-refractivity contribution in [2.45, 2.75) is 38.1 Å². The highest BCUT2D eigenvalue weighted by Crippen LogP contribution is 2.45. The van der Waals surface area contributed by atoms with E-state index in [4.69, 9.17) is 28.2 Å². The highest BCUT2D eigenvalue weighted by molar-refractivity contribution is 6.34. The zero-order chi connectivity index (χ0) is 19.9. The van der Waals surface area contributed by atoms with Gasteiger partial charge in [0.1, 0.15) is 28.3 Å². The fraction of sp³-hybridized carbons (Fsp3) is 0.444. The Kier molecular flexibility index (Phi) is 4.61. The summed E-state index contributed by atoms with van der Waals surface area (Å²) in [5, 5.41) is 22.0. The van der Waals surface area contributed by atoms with Crippen LogP contribution < -0.4 is 16.8 Å². The fourth-order valence-electron chi connectivity index (χ4n) is 3.46. The van der Waals surface area contributed by atoms with E-state index in [1.54, 1.807) is 6.92 Å². The lowest BCUT2D eigenvalue weighted by Crippen LogP contribution is -2.22. The van der Waals surface area contributed by atoms with Crippen molar-refractivity contribution in [1.29, 1.82) is 5.26 Å². The molecule has 1 fully saturated rings. The summed E-state index contributed by atoms with van der Waals surface area (Å²) >= 11 is 6.25. The number of nitrogens with two attached hydrogens (primary N) is 2. The van der Waals surface area contributed by atoms with E-state index in [-0.39, 0.29) is 16.9 Å².